The highest BCUT2D eigenvalue weighted by molar-refractivity contribution is 6.00. The fourth-order valence-electron chi connectivity index (χ4n) is 4.34. The van der Waals surface area contributed by atoms with Crippen LogP contribution in [0.25, 0.3) is 0 Å². The molecular formula is C24H28N2O4. The predicted molar refractivity (Wildman–Crippen MR) is 114 cm³/mol. The third-order valence-corrected chi connectivity index (χ3v) is 6.14. The molecule has 3 unspecified atom stereocenters. The first-order valence-electron chi connectivity index (χ1n) is 10.5. The van der Waals surface area contributed by atoms with Crippen LogP contribution in [0, 0.1) is 5.92 Å². The number of likely N-dealkylation sites (tertiary alicyclic amines) is 1. The molecule has 6 heteroatoms. The van der Waals surface area contributed by atoms with Gasteiger partial charge in [-0.1, -0.05) is 30.3 Å². The van der Waals surface area contributed by atoms with E-state index in [4.69, 9.17) is 9.47 Å². The fourth-order valence-corrected chi connectivity index (χ4v) is 4.34. The Kier molecular flexibility index (Phi) is 5.93. The van der Waals surface area contributed by atoms with E-state index in [2.05, 4.69) is 29.6 Å². The number of ether oxygens (including phenoxy) is 2. The second kappa shape index (κ2) is 8.78. The Balaban J connectivity index is 1.37. The maximum absolute atomic E-state index is 13.2. The number of hydrogen-bond donors (Lipinski definition) is 1. The minimum Gasteiger partial charge on any atom is -0.497 e. The number of methoxy groups -OCH3 is 2. The second-order valence-corrected chi connectivity index (χ2v) is 7.98. The molecule has 2 amide bonds. The smallest absolute Gasteiger partial charge is 0.258 e. The number of carbonyl (C=O) groups is 2. The molecule has 0 radical (unpaired) electrons. The molecular weight excluding hydrogens is 380 g/mol. The van der Waals surface area contributed by atoms with Crippen LogP contribution in [0.1, 0.15) is 41.1 Å². The highest BCUT2D eigenvalue weighted by atomic mass is 16.5. The van der Waals surface area contributed by atoms with Crippen molar-refractivity contribution in [2.75, 3.05) is 27.3 Å². The lowest BCUT2D eigenvalue weighted by Gasteiger charge is -2.25. The number of benzene rings is 2. The van der Waals surface area contributed by atoms with Gasteiger partial charge in [-0.3, -0.25) is 9.59 Å². The molecule has 2 aromatic carbocycles. The lowest BCUT2D eigenvalue weighted by Crippen LogP contribution is -2.46. The first-order valence-corrected chi connectivity index (χ1v) is 10.5. The van der Waals surface area contributed by atoms with Crippen molar-refractivity contribution in [1.82, 2.24) is 10.2 Å². The van der Waals surface area contributed by atoms with Crippen LogP contribution < -0.4 is 14.8 Å². The average Bonchev–Trinajstić information content (AvgIpc) is 3.41. The Morgan fingerprint density at radius 3 is 2.63 bits per heavy atom. The van der Waals surface area contributed by atoms with Crippen molar-refractivity contribution >= 4 is 11.8 Å². The zero-order chi connectivity index (χ0) is 21.1. The summed E-state index contributed by atoms with van der Waals surface area (Å²) in [6, 6.07) is 15.1. The number of nitrogens with zero attached hydrogens (tertiary/aromatic N) is 1. The molecule has 0 bridgehead atoms. The van der Waals surface area contributed by atoms with Crippen molar-refractivity contribution in [3.8, 4) is 11.5 Å². The number of nitrogens with one attached hydrogen (secondary N) is 1. The summed E-state index contributed by atoms with van der Waals surface area (Å²) in [5.74, 6) is 1.83. The lowest BCUT2D eigenvalue weighted by atomic mass is 10.1. The standard InChI is InChI=1S/C24H28N2O4/c1-29-18-10-11-19(22(14-18)30-2)24(28)26-12-6-9-21(26)23(27)25-15-17-13-20(17)16-7-4-3-5-8-16/h3-5,7-8,10-11,14,17,20-21H,6,9,12-13,15H2,1-2H3,(H,25,27). The van der Waals surface area contributed by atoms with Crippen LogP contribution in [-0.2, 0) is 4.79 Å². The maximum atomic E-state index is 13.2. The van der Waals surface area contributed by atoms with Crippen LogP contribution in [0.3, 0.4) is 0 Å². The Morgan fingerprint density at radius 1 is 1.10 bits per heavy atom. The van der Waals surface area contributed by atoms with Crippen LogP contribution in [0.5, 0.6) is 11.5 Å². The van der Waals surface area contributed by atoms with Gasteiger partial charge >= 0.3 is 0 Å². The van der Waals surface area contributed by atoms with Crippen molar-refractivity contribution in [3.05, 3.63) is 59.7 Å². The van der Waals surface area contributed by atoms with Crippen LogP contribution in [-0.4, -0.2) is 50.1 Å². The van der Waals surface area contributed by atoms with Gasteiger partial charge in [0.2, 0.25) is 5.91 Å². The van der Waals surface area contributed by atoms with Gasteiger partial charge < -0.3 is 19.7 Å². The molecule has 3 atom stereocenters. The highest BCUT2D eigenvalue weighted by Crippen LogP contribution is 2.46. The van der Waals surface area contributed by atoms with Gasteiger partial charge in [0.25, 0.3) is 5.91 Å². The molecule has 1 N–H and O–H groups in total. The largest absolute Gasteiger partial charge is 0.497 e. The van der Waals surface area contributed by atoms with Crippen molar-refractivity contribution in [2.45, 2.75) is 31.2 Å². The zero-order valence-electron chi connectivity index (χ0n) is 17.5. The van der Waals surface area contributed by atoms with E-state index in [1.165, 1.54) is 12.7 Å². The van der Waals surface area contributed by atoms with Crippen LogP contribution in [0.15, 0.2) is 48.5 Å². The summed E-state index contributed by atoms with van der Waals surface area (Å²) in [6.45, 7) is 1.23. The molecule has 1 aliphatic carbocycles. The molecule has 2 aliphatic rings. The lowest BCUT2D eigenvalue weighted by molar-refractivity contribution is -0.124. The quantitative estimate of drug-likeness (QED) is 0.764. The molecule has 1 saturated carbocycles. The molecule has 1 aliphatic heterocycles. The Hall–Kier alpha value is -3.02. The van der Waals surface area contributed by atoms with Gasteiger partial charge in [0, 0.05) is 19.2 Å². The van der Waals surface area contributed by atoms with Gasteiger partial charge in [-0.05, 0) is 48.8 Å². The van der Waals surface area contributed by atoms with E-state index in [0.29, 0.717) is 48.4 Å². The number of carbonyl (C=O) groups excluding carboxylic acids is 2. The van der Waals surface area contributed by atoms with Crippen molar-refractivity contribution in [3.63, 3.8) is 0 Å². The number of rotatable bonds is 7. The van der Waals surface area contributed by atoms with Crippen LogP contribution >= 0.6 is 0 Å². The third kappa shape index (κ3) is 4.13. The molecule has 158 valence electrons. The molecule has 0 aromatic heterocycles. The molecule has 2 fully saturated rings. The van der Waals surface area contributed by atoms with Gasteiger partial charge in [-0.25, -0.2) is 0 Å². The summed E-state index contributed by atoms with van der Waals surface area (Å²) in [6.07, 6.45) is 2.60. The average molecular weight is 408 g/mol. The maximum Gasteiger partial charge on any atom is 0.258 e. The summed E-state index contributed by atoms with van der Waals surface area (Å²) < 4.78 is 10.6. The minimum absolute atomic E-state index is 0.0629. The summed E-state index contributed by atoms with van der Waals surface area (Å²) in [5, 5.41) is 3.09. The highest BCUT2D eigenvalue weighted by Gasteiger charge is 2.40. The SMILES string of the molecule is COc1ccc(C(=O)N2CCCC2C(=O)NCC2CC2c2ccccc2)c(OC)c1. The van der Waals surface area contributed by atoms with Crippen molar-refractivity contribution in [1.29, 1.82) is 0 Å². The second-order valence-electron chi connectivity index (χ2n) is 7.98. The topological polar surface area (TPSA) is 67.9 Å². The van der Waals surface area contributed by atoms with Crippen LogP contribution in [0.2, 0.25) is 0 Å². The predicted octanol–water partition coefficient (Wildman–Crippen LogP) is 3.23. The monoisotopic (exact) mass is 408 g/mol. The van der Waals surface area contributed by atoms with Crippen molar-refractivity contribution < 1.29 is 19.1 Å². The van der Waals surface area contributed by atoms with E-state index in [-0.39, 0.29) is 11.8 Å². The van der Waals surface area contributed by atoms with E-state index in [1.807, 2.05) is 6.07 Å². The van der Waals surface area contributed by atoms with Gasteiger partial charge in [-0.15, -0.1) is 0 Å². The van der Waals surface area contributed by atoms with E-state index in [9.17, 15) is 9.59 Å². The Morgan fingerprint density at radius 2 is 1.90 bits per heavy atom. The molecule has 6 nitrogen and oxygen atoms in total. The Bertz CT molecular complexity index is 915. The zero-order valence-corrected chi connectivity index (χ0v) is 17.5. The fraction of sp³-hybridized carbons (Fsp3) is 0.417. The summed E-state index contributed by atoms with van der Waals surface area (Å²) in [4.78, 5) is 27.7. The Labute approximate surface area is 177 Å². The summed E-state index contributed by atoms with van der Waals surface area (Å²) >= 11 is 0. The van der Waals surface area contributed by atoms with Crippen LogP contribution in [0.4, 0.5) is 0 Å². The molecule has 2 aromatic rings. The summed E-state index contributed by atoms with van der Waals surface area (Å²) in [5.41, 5.74) is 1.78. The van der Waals surface area contributed by atoms with E-state index < -0.39 is 6.04 Å². The minimum atomic E-state index is -0.432. The van der Waals surface area contributed by atoms with E-state index >= 15 is 0 Å². The van der Waals surface area contributed by atoms with E-state index in [0.717, 1.165) is 12.8 Å². The molecule has 1 saturated heterocycles. The first kappa shape index (κ1) is 20.3. The molecule has 1 heterocycles. The number of hydrogen-bond acceptors (Lipinski definition) is 4. The summed E-state index contributed by atoms with van der Waals surface area (Å²) in [7, 11) is 3.10. The van der Waals surface area contributed by atoms with Crippen molar-refractivity contribution in [2.24, 2.45) is 5.92 Å². The first-order chi connectivity index (χ1) is 14.6. The molecule has 4 rings (SSSR count). The molecule has 30 heavy (non-hydrogen) atoms. The van der Waals surface area contributed by atoms with Gasteiger partial charge in [0.05, 0.1) is 19.8 Å². The van der Waals surface area contributed by atoms with Gasteiger partial charge in [0.1, 0.15) is 17.5 Å². The van der Waals surface area contributed by atoms with Gasteiger partial charge in [0.15, 0.2) is 0 Å². The molecule has 0 spiro atoms. The van der Waals surface area contributed by atoms with Gasteiger partial charge in [-0.2, -0.15) is 0 Å². The third-order valence-electron chi connectivity index (χ3n) is 6.14. The van der Waals surface area contributed by atoms with E-state index in [1.54, 1.807) is 30.2 Å². The number of amides is 2. The normalized spacial score (nSPS) is 22.5.